The Kier molecular flexibility index (Phi) is 4.20. The number of hydrogen-bond acceptors (Lipinski definition) is 3. The summed E-state index contributed by atoms with van der Waals surface area (Å²) in [5.74, 6) is 0.188. The first-order valence-electron chi connectivity index (χ1n) is 8.35. The highest BCUT2D eigenvalue weighted by Gasteiger charge is 2.43. The fourth-order valence-corrected chi connectivity index (χ4v) is 4.29. The van der Waals surface area contributed by atoms with E-state index >= 15 is 0 Å². The summed E-state index contributed by atoms with van der Waals surface area (Å²) in [5, 5.41) is 2.92. The number of piperidine rings is 1. The Labute approximate surface area is 127 Å². The third-order valence-electron chi connectivity index (χ3n) is 5.38. The van der Waals surface area contributed by atoms with Gasteiger partial charge in [0.05, 0.1) is 0 Å². The van der Waals surface area contributed by atoms with Crippen molar-refractivity contribution >= 4 is 11.8 Å². The maximum atomic E-state index is 12.7. The smallest absolute Gasteiger partial charge is 0.245 e. The molecule has 5 heteroatoms. The first kappa shape index (κ1) is 14.8. The maximum absolute atomic E-state index is 12.7. The molecule has 2 amide bonds. The van der Waals surface area contributed by atoms with Gasteiger partial charge in [0.1, 0.15) is 6.04 Å². The largest absolute Gasteiger partial charge is 0.344 e. The molecule has 3 heterocycles. The van der Waals surface area contributed by atoms with E-state index in [0.29, 0.717) is 11.8 Å². The fraction of sp³-hybridized carbons (Fsp3) is 0.875. The lowest BCUT2D eigenvalue weighted by Crippen LogP contribution is -2.49. The molecule has 5 nitrogen and oxygen atoms in total. The summed E-state index contributed by atoms with van der Waals surface area (Å²) in [6.45, 7) is 4.02. The summed E-state index contributed by atoms with van der Waals surface area (Å²) >= 11 is 0. The molecule has 21 heavy (non-hydrogen) atoms. The number of hydrogen-bond donors (Lipinski definition) is 1. The summed E-state index contributed by atoms with van der Waals surface area (Å²) < 4.78 is 0. The van der Waals surface area contributed by atoms with Gasteiger partial charge in [-0.1, -0.05) is 6.42 Å². The van der Waals surface area contributed by atoms with Gasteiger partial charge in [-0.25, -0.2) is 0 Å². The van der Waals surface area contributed by atoms with Crippen LogP contribution in [0.15, 0.2) is 0 Å². The van der Waals surface area contributed by atoms with Gasteiger partial charge >= 0.3 is 0 Å². The predicted octanol–water partition coefficient (Wildman–Crippen LogP) is 0.989. The second-order valence-corrected chi connectivity index (χ2v) is 7.22. The Hall–Kier alpha value is -1.10. The van der Waals surface area contributed by atoms with Crippen molar-refractivity contribution in [3.63, 3.8) is 0 Å². The zero-order valence-corrected chi connectivity index (χ0v) is 13.1. The molecule has 0 aromatic heterocycles. The monoisotopic (exact) mass is 293 g/mol. The minimum atomic E-state index is -0.281. The number of carbonyl (C=O) groups excluding carboxylic acids is 2. The van der Waals surface area contributed by atoms with E-state index in [-0.39, 0.29) is 17.9 Å². The van der Waals surface area contributed by atoms with Crippen LogP contribution in [0.3, 0.4) is 0 Å². The van der Waals surface area contributed by atoms with Gasteiger partial charge in [0.25, 0.3) is 0 Å². The Bertz CT molecular complexity index is 426. The van der Waals surface area contributed by atoms with E-state index in [1.54, 1.807) is 0 Å². The molecule has 1 spiro atoms. The zero-order valence-electron chi connectivity index (χ0n) is 13.1. The van der Waals surface area contributed by atoms with E-state index in [4.69, 9.17) is 0 Å². The third kappa shape index (κ3) is 3.23. The van der Waals surface area contributed by atoms with Crippen LogP contribution < -0.4 is 5.32 Å². The molecular formula is C16H27N3O2. The van der Waals surface area contributed by atoms with Crippen LogP contribution in [0, 0.1) is 5.41 Å². The van der Waals surface area contributed by atoms with Crippen molar-refractivity contribution in [2.75, 3.05) is 33.2 Å². The van der Waals surface area contributed by atoms with Crippen LogP contribution >= 0.6 is 0 Å². The van der Waals surface area contributed by atoms with Gasteiger partial charge < -0.3 is 15.1 Å². The molecule has 0 radical (unpaired) electrons. The van der Waals surface area contributed by atoms with Crippen molar-refractivity contribution < 1.29 is 9.59 Å². The summed E-state index contributed by atoms with van der Waals surface area (Å²) in [6, 6.07) is -0.281. The molecule has 118 valence electrons. The van der Waals surface area contributed by atoms with Crippen molar-refractivity contribution in [2.45, 2.75) is 51.0 Å². The standard InChI is InChI=1S/C16H27N3O2/c1-18-9-4-7-16(11-18)8-10-19(12-16)15(21)13-5-2-3-6-14(20)17-13/h13H,2-12H2,1H3,(H,17,20). The Balaban J connectivity index is 1.62. The van der Waals surface area contributed by atoms with Crippen molar-refractivity contribution in [3.05, 3.63) is 0 Å². The van der Waals surface area contributed by atoms with E-state index < -0.39 is 0 Å². The molecule has 2 atom stereocenters. The molecule has 3 rings (SSSR count). The van der Waals surface area contributed by atoms with E-state index in [9.17, 15) is 9.59 Å². The van der Waals surface area contributed by atoms with Gasteiger partial charge in [0.2, 0.25) is 11.8 Å². The van der Waals surface area contributed by atoms with Crippen molar-refractivity contribution in [1.29, 1.82) is 0 Å². The van der Waals surface area contributed by atoms with Gasteiger partial charge in [0, 0.05) is 31.5 Å². The quantitative estimate of drug-likeness (QED) is 0.784. The van der Waals surface area contributed by atoms with E-state index in [0.717, 1.165) is 45.3 Å². The topological polar surface area (TPSA) is 52.7 Å². The predicted molar refractivity (Wildman–Crippen MR) is 80.8 cm³/mol. The van der Waals surface area contributed by atoms with Crippen LogP contribution in [-0.2, 0) is 9.59 Å². The lowest BCUT2D eigenvalue weighted by atomic mass is 9.79. The number of nitrogens with one attached hydrogen (secondary N) is 1. The average Bonchev–Trinajstić information content (AvgIpc) is 2.71. The molecule has 0 aromatic carbocycles. The van der Waals surface area contributed by atoms with Crippen LogP contribution in [0.1, 0.15) is 44.9 Å². The van der Waals surface area contributed by atoms with E-state index in [2.05, 4.69) is 17.3 Å². The molecule has 3 saturated heterocycles. The molecule has 3 aliphatic heterocycles. The second-order valence-electron chi connectivity index (χ2n) is 7.22. The van der Waals surface area contributed by atoms with Gasteiger partial charge in [-0.3, -0.25) is 9.59 Å². The van der Waals surface area contributed by atoms with Gasteiger partial charge in [-0.05, 0) is 45.7 Å². The number of amides is 2. The molecule has 0 aromatic rings. The molecule has 3 fully saturated rings. The summed E-state index contributed by atoms with van der Waals surface area (Å²) in [5.41, 5.74) is 0.303. The van der Waals surface area contributed by atoms with Crippen LogP contribution in [-0.4, -0.2) is 60.9 Å². The minimum Gasteiger partial charge on any atom is -0.344 e. The molecule has 0 aliphatic carbocycles. The van der Waals surface area contributed by atoms with Crippen molar-refractivity contribution in [1.82, 2.24) is 15.1 Å². The highest BCUT2D eigenvalue weighted by molar-refractivity contribution is 5.88. The normalized spacial score (nSPS) is 34.8. The minimum absolute atomic E-state index is 0.0390. The first-order valence-corrected chi connectivity index (χ1v) is 8.35. The zero-order chi connectivity index (χ0) is 14.9. The molecule has 1 N–H and O–H groups in total. The van der Waals surface area contributed by atoms with Crippen LogP contribution in [0.4, 0.5) is 0 Å². The van der Waals surface area contributed by atoms with Crippen LogP contribution in [0.5, 0.6) is 0 Å². The van der Waals surface area contributed by atoms with Gasteiger partial charge in [0.15, 0.2) is 0 Å². The highest BCUT2D eigenvalue weighted by Crippen LogP contribution is 2.38. The van der Waals surface area contributed by atoms with Crippen molar-refractivity contribution in [2.24, 2.45) is 5.41 Å². The lowest BCUT2D eigenvalue weighted by molar-refractivity contribution is -0.135. The molecule has 0 bridgehead atoms. The number of rotatable bonds is 1. The molecule has 2 unspecified atom stereocenters. The van der Waals surface area contributed by atoms with Crippen LogP contribution in [0.2, 0.25) is 0 Å². The van der Waals surface area contributed by atoms with Crippen LogP contribution in [0.25, 0.3) is 0 Å². The Morgan fingerprint density at radius 1 is 1.19 bits per heavy atom. The van der Waals surface area contributed by atoms with Gasteiger partial charge in [-0.2, -0.15) is 0 Å². The molecule has 3 aliphatic rings. The lowest BCUT2D eigenvalue weighted by Gasteiger charge is -2.38. The van der Waals surface area contributed by atoms with E-state index in [1.807, 2.05) is 4.90 Å². The highest BCUT2D eigenvalue weighted by atomic mass is 16.2. The van der Waals surface area contributed by atoms with Gasteiger partial charge in [-0.15, -0.1) is 0 Å². The Morgan fingerprint density at radius 3 is 2.86 bits per heavy atom. The molecule has 0 saturated carbocycles. The number of nitrogens with zero attached hydrogens (tertiary/aromatic N) is 2. The third-order valence-corrected chi connectivity index (χ3v) is 5.38. The number of likely N-dealkylation sites (tertiary alicyclic amines) is 2. The molecular weight excluding hydrogens is 266 g/mol. The Morgan fingerprint density at radius 2 is 2.05 bits per heavy atom. The van der Waals surface area contributed by atoms with Crippen molar-refractivity contribution in [3.8, 4) is 0 Å². The first-order chi connectivity index (χ1) is 10.1. The maximum Gasteiger partial charge on any atom is 0.245 e. The average molecular weight is 293 g/mol. The van der Waals surface area contributed by atoms with E-state index in [1.165, 1.54) is 19.4 Å². The second kappa shape index (κ2) is 5.95. The fourth-order valence-electron chi connectivity index (χ4n) is 4.29. The summed E-state index contributed by atoms with van der Waals surface area (Å²) in [6.07, 6.45) is 6.83. The summed E-state index contributed by atoms with van der Waals surface area (Å²) in [7, 11) is 2.18. The SMILES string of the molecule is CN1CCCC2(CCN(C(=O)C3CCCCC(=O)N3)C2)C1. The summed E-state index contributed by atoms with van der Waals surface area (Å²) in [4.78, 5) is 28.8. The number of carbonyl (C=O) groups is 2.